The summed E-state index contributed by atoms with van der Waals surface area (Å²) in [7, 11) is 1.54. The van der Waals surface area contributed by atoms with Crippen LogP contribution in [0.4, 0.5) is 5.95 Å². The number of pyridine rings is 1. The number of hydrogen-bond donors (Lipinski definition) is 1. The first-order chi connectivity index (χ1) is 17.1. The van der Waals surface area contributed by atoms with Gasteiger partial charge in [-0.15, -0.1) is 16.4 Å². The number of aryl methyl sites for hydroxylation is 2. The number of benzene rings is 1. The Labute approximate surface area is 206 Å². The lowest BCUT2D eigenvalue weighted by atomic mass is 9.94. The molecule has 0 aliphatic rings. The molecule has 1 N–H and O–H groups in total. The van der Waals surface area contributed by atoms with Crippen LogP contribution in [0.2, 0.25) is 0 Å². The average molecular weight is 488 g/mol. The first-order valence-corrected chi connectivity index (χ1v) is 12.2. The van der Waals surface area contributed by atoms with E-state index in [0.717, 1.165) is 28.4 Å². The minimum absolute atomic E-state index is 0.114. The summed E-state index contributed by atoms with van der Waals surface area (Å²) < 4.78 is 9.18. The van der Waals surface area contributed by atoms with Gasteiger partial charge in [0.05, 0.1) is 24.3 Å². The van der Waals surface area contributed by atoms with Crippen LogP contribution in [0.15, 0.2) is 60.5 Å². The zero-order valence-electron chi connectivity index (χ0n) is 19.7. The molecule has 4 heterocycles. The summed E-state index contributed by atoms with van der Waals surface area (Å²) in [5.41, 5.74) is 4.11. The number of anilines is 1. The molecule has 0 aliphatic carbocycles. The third kappa shape index (κ3) is 4.28. The normalized spacial score (nSPS) is 12.1. The number of ether oxygens (including phenoxy) is 1. The van der Waals surface area contributed by atoms with E-state index in [-0.39, 0.29) is 17.8 Å². The Bertz CT molecular complexity index is 1460. The predicted molar refractivity (Wildman–Crippen MR) is 134 cm³/mol. The number of imidazole rings is 1. The van der Waals surface area contributed by atoms with Crippen LogP contribution in [-0.2, 0) is 13.0 Å². The van der Waals surface area contributed by atoms with Crippen molar-refractivity contribution in [3.63, 3.8) is 0 Å². The van der Waals surface area contributed by atoms with Gasteiger partial charge in [-0.1, -0.05) is 37.3 Å². The molecule has 0 bridgehead atoms. The number of rotatable bonds is 8. The minimum Gasteiger partial charge on any atom is -0.496 e. The smallest absolute Gasteiger partial charge is 0.263 e. The van der Waals surface area contributed by atoms with Gasteiger partial charge in [0.1, 0.15) is 22.7 Å². The number of thiazole rings is 1. The molecular formula is C25H25N7O2S. The Morgan fingerprint density at radius 2 is 2.03 bits per heavy atom. The van der Waals surface area contributed by atoms with Gasteiger partial charge in [0, 0.05) is 36.1 Å². The SMILES string of the molecule is CCc1c(C(c2ccccc2)c2nccs2)nc2cc(OC)c(C(=O)Nc3ncn(CC)n3)cn12. The lowest BCUT2D eigenvalue weighted by molar-refractivity contribution is 0.102. The number of aromatic nitrogens is 6. The third-order valence-corrected chi connectivity index (χ3v) is 6.68. The van der Waals surface area contributed by atoms with Crippen LogP contribution in [-0.4, -0.2) is 42.2 Å². The first-order valence-electron chi connectivity index (χ1n) is 11.4. The van der Waals surface area contributed by atoms with E-state index in [2.05, 4.69) is 39.4 Å². The fourth-order valence-electron chi connectivity index (χ4n) is 4.17. The number of nitrogens with zero attached hydrogens (tertiary/aromatic N) is 6. The molecule has 4 aromatic heterocycles. The number of methoxy groups -OCH3 is 1. The highest BCUT2D eigenvalue weighted by Gasteiger charge is 2.27. The van der Waals surface area contributed by atoms with Crippen LogP contribution in [0.3, 0.4) is 0 Å². The molecule has 10 heteroatoms. The summed E-state index contributed by atoms with van der Waals surface area (Å²) in [5.74, 6) is 0.203. The molecule has 0 fully saturated rings. The van der Waals surface area contributed by atoms with Gasteiger partial charge in [-0.05, 0) is 18.9 Å². The fourth-order valence-corrected chi connectivity index (χ4v) is 4.94. The van der Waals surface area contributed by atoms with Gasteiger partial charge in [0.2, 0.25) is 5.95 Å². The molecular weight excluding hydrogens is 462 g/mol. The Balaban J connectivity index is 1.62. The van der Waals surface area contributed by atoms with Gasteiger partial charge >= 0.3 is 0 Å². The number of hydrogen-bond acceptors (Lipinski definition) is 7. The average Bonchev–Trinajstić information content (AvgIpc) is 3.64. The first kappa shape index (κ1) is 22.7. The van der Waals surface area contributed by atoms with E-state index in [1.807, 2.05) is 41.1 Å². The van der Waals surface area contributed by atoms with E-state index in [0.29, 0.717) is 23.5 Å². The van der Waals surface area contributed by atoms with E-state index in [4.69, 9.17) is 9.72 Å². The molecule has 1 aromatic carbocycles. The summed E-state index contributed by atoms with van der Waals surface area (Å²) >= 11 is 1.61. The molecule has 1 unspecified atom stereocenters. The van der Waals surface area contributed by atoms with E-state index in [9.17, 15) is 4.79 Å². The van der Waals surface area contributed by atoms with Crippen molar-refractivity contribution in [1.29, 1.82) is 0 Å². The summed E-state index contributed by atoms with van der Waals surface area (Å²) in [4.78, 5) is 26.9. The number of nitrogens with one attached hydrogen (secondary N) is 1. The molecule has 0 aliphatic heterocycles. The van der Waals surface area contributed by atoms with E-state index >= 15 is 0 Å². The second kappa shape index (κ2) is 9.67. The maximum absolute atomic E-state index is 13.2. The van der Waals surface area contributed by atoms with Crippen molar-refractivity contribution in [1.82, 2.24) is 29.1 Å². The Morgan fingerprint density at radius 1 is 1.20 bits per heavy atom. The molecule has 1 amide bonds. The largest absolute Gasteiger partial charge is 0.496 e. The fraction of sp³-hybridized carbons (Fsp3) is 0.240. The van der Waals surface area contributed by atoms with Crippen molar-refractivity contribution in [2.75, 3.05) is 12.4 Å². The van der Waals surface area contributed by atoms with Crippen molar-refractivity contribution in [2.24, 2.45) is 0 Å². The lowest BCUT2D eigenvalue weighted by Gasteiger charge is -2.15. The highest BCUT2D eigenvalue weighted by Crippen LogP contribution is 2.36. The van der Waals surface area contributed by atoms with Gasteiger partial charge < -0.3 is 9.14 Å². The van der Waals surface area contributed by atoms with E-state index < -0.39 is 0 Å². The number of carbonyl (C=O) groups is 1. The monoisotopic (exact) mass is 487 g/mol. The van der Waals surface area contributed by atoms with Gasteiger partial charge in [0.15, 0.2) is 0 Å². The highest BCUT2D eigenvalue weighted by molar-refractivity contribution is 7.09. The molecule has 5 rings (SSSR count). The quantitative estimate of drug-likeness (QED) is 0.348. The van der Waals surface area contributed by atoms with Gasteiger partial charge in [-0.3, -0.25) is 14.8 Å². The molecule has 9 nitrogen and oxygen atoms in total. The van der Waals surface area contributed by atoms with Gasteiger partial charge in [-0.25, -0.2) is 15.0 Å². The Hall–Kier alpha value is -4.05. The standard InChI is InChI=1S/C25H25N7O2S/c1-4-18-22(21(24-26-11-12-35-24)16-9-7-6-8-10-16)28-20-13-19(34-3)17(14-32(18)20)23(33)29-25-27-15-31(5-2)30-25/h6-15,21H,4-5H2,1-3H3,(H,29,30,33). The van der Waals surface area contributed by atoms with Crippen molar-refractivity contribution in [2.45, 2.75) is 32.7 Å². The summed E-state index contributed by atoms with van der Waals surface area (Å²) in [6.45, 7) is 4.70. The minimum atomic E-state index is -0.352. The van der Waals surface area contributed by atoms with Crippen LogP contribution in [0, 0.1) is 0 Å². The zero-order valence-corrected chi connectivity index (χ0v) is 20.5. The van der Waals surface area contributed by atoms with Crippen molar-refractivity contribution >= 4 is 28.8 Å². The highest BCUT2D eigenvalue weighted by atomic mass is 32.1. The number of amides is 1. The van der Waals surface area contributed by atoms with Crippen LogP contribution >= 0.6 is 11.3 Å². The molecule has 178 valence electrons. The number of fused-ring (bicyclic) bond motifs is 1. The Kier molecular flexibility index (Phi) is 6.28. The van der Waals surface area contributed by atoms with E-state index in [1.54, 1.807) is 41.7 Å². The lowest BCUT2D eigenvalue weighted by Crippen LogP contribution is -2.16. The second-order valence-electron chi connectivity index (χ2n) is 7.87. The van der Waals surface area contributed by atoms with E-state index in [1.165, 1.54) is 0 Å². The number of carbonyl (C=O) groups excluding carboxylic acids is 1. The maximum Gasteiger partial charge on any atom is 0.263 e. The van der Waals surface area contributed by atoms with Crippen molar-refractivity contribution in [3.05, 3.63) is 88.0 Å². The molecule has 0 radical (unpaired) electrons. The summed E-state index contributed by atoms with van der Waals surface area (Å²) in [5, 5.41) is 9.95. The molecule has 5 aromatic rings. The van der Waals surface area contributed by atoms with Crippen molar-refractivity contribution < 1.29 is 9.53 Å². The summed E-state index contributed by atoms with van der Waals surface area (Å²) in [6, 6.07) is 12.0. The van der Waals surface area contributed by atoms with Crippen LogP contribution in [0.25, 0.3) is 5.65 Å². The molecule has 1 atom stereocenters. The second-order valence-corrected chi connectivity index (χ2v) is 8.80. The zero-order chi connectivity index (χ0) is 24.4. The topological polar surface area (TPSA) is 99.2 Å². The van der Waals surface area contributed by atoms with Gasteiger partial charge in [0.25, 0.3) is 5.91 Å². The molecule has 35 heavy (non-hydrogen) atoms. The van der Waals surface area contributed by atoms with Crippen LogP contribution < -0.4 is 10.1 Å². The molecule has 0 saturated carbocycles. The molecule has 0 saturated heterocycles. The van der Waals surface area contributed by atoms with Gasteiger partial charge in [-0.2, -0.15) is 0 Å². The third-order valence-electron chi connectivity index (χ3n) is 5.84. The van der Waals surface area contributed by atoms with Crippen LogP contribution in [0.5, 0.6) is 5.75 Å². The maximum atomic E-state index is 13.2. The van der Waals surface area contributed by atoms with Crippen LogP contribution in [0.1, 0.15) is 52.1 Å². The van der Waals surface area contributed by atoms with Crippen molar-refractivity contribution in [3.8, 4) is 5.75 Å². The summed E-state index contributed by atoms with van der Waals surface area (Å²) in [6.07, 6.45) is 5.90. The Morgan fingerprint density at radius 3 is 2.69 bits per heavy atom. The molecule has 0 spiro atoms. The predicted octanol–water partition coefficient (Wildman–Crippen LogP) is 4.41.